The third-order valence-corrected chi connectivity index (χ3v) is 6.59. The van der Waals surface area contributed by atoms with Crippen molar-refractivity contribution in [3.05, 3.63) is 51.3 Å². The fourth-order valence-electron chi connectivity index (χ4n) is 4.33. The van der Waals surface area contributed by atoms with Crippen molar-refractivity contribution >= 4 is 46.0 Å². The van der Waals surface area contributed by atoms with E-state index in [1.165, 1.54) is 23.3 Å². The number of rotatable bonds is 4. The van der Waals surface area contributed by atoms with Crippen molar-refractivity contribution in [2.75, 3.05) is 25.1 Å². The van der Waals surface area contributed by atoms with Gasteiger partial charge < -0.3 is 9.64 Å². The van der Waals surface area contributed by atoms with E-state index in [1.807, 2.05) is 17.5 Å². The van der Waals surface area contributed by atoms with E-state index < -0.39 is 0 Å². The summed E-state index contributed by atoms with van der Waals surface area (Å²) in [6.07, 6.45) is 1.12. The number of hydrogen-bond acceptors (Lipinski definition) is 5. The monoisotopic (exact) mass is 430 g/mol. The summed E-state index contributed by atoms with van der Waals surface area (Å²) in [4.78, 5) is 31.1. The number of imide groups is 1. The van der Waals surface area contributed by atoms with Crippen molar-refractivity contribution in [1.29, 1.82) is 0 Å². The van der Waals surface area contributed by atoms with E-state index in [0.717, 1.165) is 24.4 Å². The minimum atomic E-state index is -0.306. The minimum Gasteiger partial charge on any atom is -0.495 e. The van der Waals surface area contributed by atoms with Gasteiger partial charge in [-0.1, -0.05) is 31.5 Å². The lowest BCUT2D eigenvalue weighted by atomic mass is 9.91. The maximum absolute atomic E-state index is 13.5. The van der Waals surface area contributed by atoms with Crippen LogP contribution in [0.3, 0.4) is 0 Å². The van der Waals surface area contributed by atoms with Crippen molar-refractivity contribution in [3.63, 3.8) is 0 Å². The van der Waals surface area contributed by atoms with Gasteiger partial charge in [-0.25, -0.2) is 4.90 Å². The highest BCUT2D eigenvalue weighted by molar-refractivity contribution is 7.11. The summed E-state index contributed by atoms with van der Waals surface area (Å²) in [6, 6.07) is 8.76. The van der Waals surface area contributed by atoms with Crippen molar-refractivity contribution in [2.24, 2.45) is 11.8 Å². The van der Waals surface area contributed by atoms with E-state index in [1.54, 1.807) is 18.2 Å². The molecule has 1 aromatic carbocycles. The maximum atomic E-state index is 13.5. The average Bonchev–Trinajstić information content (AvgIpc) is 3.27. The molecule has 3 heterocycles. The smallest absolute Gasteiger partial charge is 0.282 e. The van der Waals surface area contributed by atoms with Gasteiger partial charge in [0.1, 0.15) is 11.4 Å². The van der Waals surface area contributed by atoms with Crippen LogP contribution in [0.2, 0.25) is 5.02 Å². The van der Waals surface area contributed by atoms with Gasteiger partial charge in [-0.2, -0.15) is 0 Å². The number of carbonyl (C=O) groups excluding carboxylic acids is 2. The molecule has 0 aliphatic carbocycles. The van der Waals surface area contributed by atoms with E-state index in [-0.39, 0.29) is 11.8 Å². The van der Waals surface area contributed by atoms with Gasteiger partial charge in [0.05, 0.1) is 23.4 Å². The molecule has 29 heavy (non-hydrogen) atoms. The van der Waals surface area contributed by atoms with Gasteiger partial charge in [-0.15, -0.1) is 11.3 Å². The topological polar surface area (TPSA) is 49.9 Å². The van der Waals surface area contributed by atoms with Crippen LogP contribution in [-0.4, -0.2) is 36.9 Å². The van der Waals surface area contributed by atoms with E-state index in [9.17, 15) is 9.59 Å². The van der Waals surface area contributed by atoms with E-state index >= 15 is 0 Å². The van der Waals surface area contributed by atoms with Crippen molar-refractivity contribution in [2.45, 2.75) is 20.3 Å². The highest BCUT2D eigenvalue weighted by Crippen LogP contribution is 2.40. The normalized spacial score (nSPS) is 22.6. The zero-order chi connectivity index (χ0) is 20.7. The van der Waals surface area contributed by atoms with Crippen molar-refractivity contribution < 1.29 is 14.3 Å². The summed E-state index contributed by atoms with van der Waals surface area (Å²) in [5.74, 6) is 0.826. The molecular weight excluding hydrogens is 408 g/mol. The minimum absolute atomic E-state index is 0.291. The zero-order valence-corrected chi connectivity index (χ0v) is 18.2. The van der Waals surface area contributed by atoms with Crippen LogP contribution in [0, 0.1) is 11.8 Å². The van der Waals surface area contributed by atoms with Crippen LogP contribution in [-0.2, 0) is 9.59 Å². The van der Waals surface area contributed by atoms with Crippen molar-refractivity contribution in [1.82, 2.24) is 4.90 Å². The molecule has 1 aromatic heterocycles. The number of thiophene rings is 1. The van der Waals surface area contributed by atoms with Gasteiger partial charge >= 0.3 is 0 Å². The number of methoxy groups -OCH3 is 1. The molecule has 7 heteroatoms. The third kappa shape index (κ3) is 3.55. The Kier molecular flexibility index (Phi) is 5.40. The quantitative estimate of drug-likeness (QED) is 0.661. The Morgan fingerprint density at radius 3 is 2.41 bits per heavy atom. The fraction of sp³-hybridized carbons (Fsp3) is 0.364. The molecule has 4 rings (SSSR count). The average molecular weight is 431 g/mol. The summed E-state index contributed by atoms with van der Waals surface area (Å²) in [5.41, 5.74) is 1.44. The largest absolute Gasteiger partial charge is 0.495 e. The van der Waals surface area contributed by atoms with Crippen LogP contribution in [0.4, 0.5) is 5.69 Å². The Balaban J connectivity index is 1.79. The first-order valence-corrected chi connectivity index (χ1v) is 10.9. The first kappa shape index (κ1) is 20.0. The van der Waals surface area contributed by atoms with Gasteiger partial charge in [0.2, 0.25) is 0 Å². The summed E-state index contributed by atoms with van der Waals surface area (Å²) >= 11 is 7.74. The number of amides is 2. The van der Waals surface area contributed by atoms with E-state index in [4.69, 9.17) is 16.3 Å². The number of piperidine rings is 1. The van der Waals surface area contributed by atoms with Gasteiger partial charge in [-0.05, 0) is 47.9 Å². The second-order valence-corrected chi connectivity index (χ2v) is 9.17. The Bertz CT molecular complexity index is 976. The number of ether oxygens (including phenoxy) is 1. The van der Waals surface area contributed by atoms with Crippen LogP contribution in [0.15, 0.2) is 41.4 Å². The molecule has 0 saturated carbocycles. The van der Waals surface area contributed by atoms with Gasteiger partial charge in [0, 0.05) is 18.0 Å². The van der Waals surface area contributed by atoms with Crippen LogP contribution in [0.1, 0.15) is 25.1 Å². The Morgan fingerprint density at radius 2 is 1.83 bits per heavy atom. The molecule has 0 radical (unpaired) electrons. The van der Waals surface area contributed by atoms with Crippen LogP contribution >= 0.6 is 22.9 Å². The molecule has 1 saturated heterocycles. The number of halogens is 1. The molecule has 0 bridgehead atoms. The molecule has 2 unspecified atom stereocenters. The van der Waals surface area contributed by atoms with Crippen LogP contribution < -0.4 is 9.64 Å². The fourth-order valence-corrected chi connectivity index (χ4v) is 5.34. The molecular formula is C22H23ClN2O3S. The SMILES string of the molecule is COc1ccc(N2C(=O)C(c3cccs3)=C(N3CC(C)CC(C)C3)C2=O)cc1Cl. The van der Waals surface area contributed by atoms with Gasteiger partial charge in [-0.3, -0.25) is 9.59 Å². The lowest BCUT2D eigenvalue weighted by Crippen LogP contribution is -2.42. The number of carbonyl (C=O) groups is 2. The number of nitrogens with zero attached hydrogens (tertiary/aromatic N) is 2. The molecule has 2 aliphatic rings. The predicted octanol–water partition coefficient (Wildman–Crippen LogP) is 4.67. The Labute approximate surface area is 179 Å². The molecule has 2 atom stereocenters. The summed E-state index contributed by atoms with van der Waals surface area (Å²) in [7, 11) is 1.53. The zero-order valence-electron chi connectivity index (χ0n) is 16.6. The summed E-state index contributed by atoms with van der Waals surface area (Å²) < 4.78 is 5.20. The lowest BCUT2D eigenvalue weighted by molar-refractivity contribution is -0.120. The van der Waals surface area contributed by atoms with E-state index in [0.29, 0.717) is 39.6 Å². The van der Waals surface area contributed by atoms with Crippen molar-refractivity contribution in [3.8, 4) is 5.75 Å². The number of benzene rings is 1. The first-order chi connectivity index (χ1) is 13.9. The molecule has 2 aliphatic heterocycles. The van der Waals surface area contributed by atoms with Gasteiger partial charge in [0.15, 0.2) is 0 Å². The molecule has 2 amide bonds. The molecule has 152 valence electrons. The molecule has 0 spiro atoms. The standard InChI is InChI=1S/C22H23ClN2O3S/c1-13-9-14(2)12-24(11-13)20-19(18-5-4-8-29-18)21(26)25(22(20)27)15-6-7-17(28-3)16(23)10-15/h4-8,10,13-14H,9,11-12H2,1-3H3. The number of likely N-dealkylation sites (tertiary alicyclic amines) is 1. The second kappa shape index (κ2) is 7.84. The summed E-state index contributed by atoms with van der Waals surface area (Å²) in [5, 5.41) is 2.28. The van der Waals surface area contributed by atoms with Crippen LogP contribution in [0.25, 0.3) is 5.57 Å². The highest BCUT2D eigenvalue weighted by Gasteiger charge is 2.44. The van der Waals surface area contributed by atoms with Gasteiger partial charge in [0.25, 0.3) is 11.8 Å². The van der Waals surface area contributed by atoms with Crippen LogP contribution in [0.5, 0.6) is 5.75 Å². The Hall–Kier alpha value is -2.31. The number of anilines is 1. The first-order valence-electron chi connectivity index (χ1n) is 9.66. The number of hydrogen-bond donors (Lipinski definition) is 0. The molecule has 0 N–H and O–H groups in total. The van der Waals surface area contributed by atoms with E-state index in [2.05, 4.69) is 18.7 Å². The molecule has 2 aromatic rings. The third-order valence-electron chi connectivity index (χ3n) is 5.41. The Morgan fingerprint density at radius 1 is 1.10 bits per heavy atom. The highest BCUT2D eigenvalue weighted by atomic mass is 35.5. The second-order valence-electron chi connectivity index (χ2n) is 7.82. The molecule has 1 fully saturated rings. The summed E-state index contributed by atoms with van der Waals surface area (Å²) in [6.45, 7) is 5.92. The molecule has 5 nitrogen and oxygen atoms in total. The predicted molar refractivity (Wildman–Crippen MR) is 116 cm³/mol. The lowest BCUT2D eigenvalue weighted by Gasteiger charge is -2.37. The maximum Gasteiger partial charge on any atom is 0.282 e.